The van der Waals surface area contributed by atoms with E-state index in [2.05, 4.69) is 24.3 Å². The molecule has 0 bridgehead atoms. The molecule has 0 saturated heterocycles. The average Bonchev–Trinajstić information content (AvgIpc) is 3.02. The van der Waals surface area contributed by atoms with Gasteiger partial charge in [-0.15, -0.1) is 0 Å². The van der Waals surface area contributed by atoms with Crippen LogP contribution in [0.4, 0.5) is 0 Å². The first-order valence-corrected chi connectivity index (χ1v) is 8.03. The molecule has 0 spiro atoms. The Morgan fingerprint density at radius 1 is 1.17 bits per heavy atom. The maximum absolute atomic E-state index is 12.2. The molecule has 0 aliphatic carbocycles. The van der Waals surface area contributed by atoms with Crippen molar-refractivity contribution in [3.05, 3.63) is 52.4 Å². The van der Waals surface area contributed by atoms with Gasteiger partial charge in [-0.1, -0.05) is 19.0 Å². The van der Waals surface area contributed by atoms with Crippen LogP contribution in [0, 0.1) is 6.92 Å². The number of carbonyl (C=O) groups excluding carboxylic acids is 1. The normalized spacial score (nSPS) is 10.8. The zero-order valence-electron chi connectivity index (χ0n) is 14.1. The predicted molar refractivity (Wildman–Crippen MR) is 89.1 cm³/mol. The highest BCUT2D eigenvalue weighted by Crippen LogP contribution is 2.22. The van der Waals surface area contributed by atoms with Gasteiger partial charge in [0.25, 0.3) is 5.91 Å². The third kappa shape index (κ3) is 4.22. The van der Waals surface area contributed by atoms with Crippen molar-refractivity contribution in [1.82, 2.24) is 10.5 Å². The molecule has 1 amide bonds. The molecule has 0 fully saturated rings. The Morgan fingerprint density at radius 2 is 1.83 bits per heavy atom. The van der Waals surface area contributed by atoms with Crippen molar-refractivity contribution in [3.63, 3.8) is 0 Å². The molecule has 128 valence electrons. The number of aromatic nitrogens is 1. The van der Waals surface area contributed by atoms with Gasteiger partial charge in [0, 0.05) is 17.5 Å². The van der Waals surface area contributed by atoms with E-state index in [9.17, 15) is 9.59 Å². The first kappa shape index (κ1) is 17.7. The van der Waals surface area contributed by atoms with Crippen molar-refractivity contribution in [2.45, 2.75) is 46.1 Å². The fourth-order valence-corrected chi connectivity index (χ4v) is 2.62. The minimum atomic E-state index is -1.06. The number of carbonyl (C=O) groups is 2. The third-order valence-corrected chi connectivity index (χ3v) is 3.99. The van der Waals surface area contributed by atoms with Crippen molar-refractivity contribution in [2.24, 2.45) is 0 Å². The SMILES string of the molecule is CCC(CC)c1cc(CNC(=O)c2cc(C)cc(C(=O)O)c2)on1. The van der Waals surface area contributed by atoms with E-state index in [4.69, 9.17) is 9.63 Å². The van der Waals surface area contributed by atoms with E-state index >= 15 is 0 Å². The molecule has 1 aromatic carbocycles. The van der Waals surface area contributed by atoms with Crippen LogP contribution < -0.4 is 5.32 Å². The van der Waals surface area contributed by atoms with Crippen LogP contribution in [0.25, 0.3) is 0 Å². The summed E-state index contributed by atoms with van der Waals surface area (Å²) in [5, 5.41) is 15.9. The standard InChI is InChI=1S/C18H22N2O4/c1-4-12(5-2)16-9-15(24-20-16)10-19-17(21)13-6-11(3)7-14(8-13)18(22)23/h6-9,12H,4-5,10H2,1-3H3,(H,19,21)(H,22,23). The molecule has 0 unspecified atom stereocenters. The van der Waals surface area contributed by atoms with E-state index in [0.29, 0.717) is 17.2 Å². The Labute approximate surface area is 140 Å². The highest BCUT2D eigenvalue weighted by molar-refractivity contribution is 5.97. The summed E-state index contributed by atoms with van der Waals surface area (Å²) in [7, 11) is 0. The molecule has 2 rings (SSSR count). The topological polar surface area (TPSA) is 92.4 Å². The highest BCUT2D eigenvalue weighted by atomic mass is 16.5. The molecule has 0 saturated carbocycles. The van der Waals surface area contributed by atoms with Crippen LogP contribution in [0.15, 0.2) is 28.8 Å². The summed E-state index contributed by atoms with van der Waals surface area (Å²) >= 11 is 0. The van der Waals surface area contributed by atoms with Gasteiger partial charge < -0.3 is 14.9 Å². The number of rotatable bonds is 7. The average molecular weight is 330 g/mol. The van der Waals surface area contributed by atoms with Crippen molar-refractivity contribution in [1.29, 1.82) is 0 Å². The molecular formula is C18H22N2O4. The van der Waals surface area contributed by atoms with Gasteiger partial charge in [0.05, 0.1) is 17.8 Å². The van der Waals surface area contributed by atoms with E-state index in [-0.39, 0.29) is 18.0 Å². The van der Waals surface area contributed by atoms with Gasteiger partial charge in [-0.3, -0.25) is 4.79 Å². The Balaban J connectivity index is 2.05. The maximum Gasteiger partial charge on any atom is 0.335 e. The number of aromatic carboxylic acids is 1. The van der Waals surface area contributed by atoms with Crippen molar-refractivity contribution in [3.8, 4) is 0 Å². The summed E-state index contributed by atoms with van der Waals surface area (Å²) in [4.78, 5) is 23.3. The van der Waals surface area contributed by atoms with E-state index in [1.54, 1.807) is 13.0 Å². The molecule has 1 aromatic heterocycles. The quantitative estimate of drug-likeness (QED) is 0.810. The molecule has 0 aliphatic heterocycles. The van der Waals surface area contributed by atoms with Crippen LogP contribution in [-0.4, -0.2) is 22.1 Å². The van der Waals surface area contributed by atoms with Gasteiger partial charge in [-0.05, 0) is 43.5 Å². The summed E-state index contributed by atoms with van der Waals surface area (Å²) in [5.74, 6) is -0.469. The minimum absolute atomic E-state index is 0.0934. The lowest BCUT2D eigenvalue weighted by atomic mass is 9.99. The number of hydrogen-bond donors (Lipinski definition) is 2. The van der Waals surface area contributed by atoms with Crippen molar-refractivity contribution in [2.75, 3.05) is 0 Å². The van der Waals surface area contributed by atoms with Gasteiger partial charge in [0.2, 0.25) is 0 Å². The van der Waals surface area contributed by atoms with E-state index < -0.39 is 5.97 Å². The second-order valence-electron chi connectivity index (χ2n) is 5.81. The van der Waals surface area contributed by atoms with Crippen LogP contribution in [0.3, 0.4) is 0 Å². The Morgan fingerprint density at radius 3 is 2.46 bits per heavy atom. The molecule has 6 nitrogen and oxygen atoms in total. The number of nitrogens with zero attached hydrogens (tertiary/aromatic N) is 1. The van der Waals surface area contributed by atoms with Gasteiger partial charge in [-0.25, -0.2) is 4.79 Å². The third-order valence-electron chi connectivity index (χ3n) is 3.99. The monoisotopic (exact) mass is 330 g/mol. The number of carboxylic acids is 1. The molecule has 2 aromatic rings. The van der Waals surface area contributed by atoms with Crippen LogP contribution in [0.5, 0.6) is 0 Å². The summed E-state index contributed by atoms with van der Waals surface area (Å²) in [6.45, 7) is 6.16. The summed E-state index contributed by atoms with van der Waals surface area (Å²) < 4.78 is 5.26. The molecular weight excluding hydrogens is 308 g/mol. The van der Waals surface area contributed by atoms with Crippen LogP contribution >= 0.6 is 0 Å². The van der Waals surface area contributed by atoms with Gasteiger partial charge in [0.15, 0.2) is 5.76 Å². The number of aryl methyl sites for hydroxylation is 1. The number of amides is 1. The molecule has 0 aliphatic rings. The molecule has 1 heterocycles. The second kappa shape index (κ2) is 7.77. The summed E-state index contributed by atoms with van der Waals surface area (Å²) in [6, 6.07) is 6.40. The number of nitrogens with one attached hydrogen (secondary N) is 1. The summed E-state index contributed by atoms with van der Waals surface area (Å²) in [5.41, 5.74) is 2.02. The molecule has 2 N–H and O–H groups in total. The first-order valence-electron chi connectivity index (χ1n) is 8.03. The minimum Gasteiger partial charge on any atom is -0.478 e. The second-order valence-corrected chi connectivity index (χ2v) is 5.81. The lowest BCUT2D eigenvalue weighted by molar-refractivity contribution is 0.0696. The Hall–Kier alpha value is -2.63. The first-order chi connectivity index (χ1) is 11.4. The van der Waals surface area contributed by atoms with Gasteiger partial charge in [-0.2, -0.15) is 0 Å². The number of hydrogen-bond acceptors (Lipinski definition) is 4. The highest BCUT2D eigenvalue weighted by Gasteiger charge is 2.15. The largest absolute Gasteiger partial charge is 0.478 e. The fraction of sp³-hybridized carbons (Fsp3) is 0.389. The van der Waals surface area contributed by atoms with E-state index in [0.717, 1.165) is 24.1 Å². The maximum atomic E-state index is 12.2. The van der Waals surface area contributed by atoms with Gasteiger partial charge >= 0.3 is 5.97 Å². The van der Waals surface area contributed by atoms with E-state index in [1.807, 2.05) is 6.07 Å². The van der Waals surface area contributed by atoms with Crippen molar-refractivity contribution >= 4 is 11.9 Å². The zero-order valence-corrected chi connectivity index (χ0v) is 14.1. The number of carboxylic acid groups (broad SMARTS) is 1. The van der Waals surface area contributed by atoms with Gasteiger partial charge in [0.1, 0.15) is 0 Å². The molecule has 24 heavy (non-hydrogen) atoms. The lowest BCUT2D eigenvalue weighted by Crippen LogP contribution is -2.23. The molecule has 6 heteroatoms. The van der Waals surface area contributed by atoms with E-state index in [1.165, 1.54) is 12.1 Å². The Kier molecular flexibility index (Phi) is 5.73. The molecule has 0 radical (unpaired) electrons. The fourth-order valence-electron chi connectivity index (χ4n) is 2.62. The smallest absolute Gasteiger partial charge is 0.335 e. The zero-order chi connectivity index (χ0) is 17.7. The predicted octanol–water partition coefficient (Wildman–Crippen LogP) is 3.51. The van der Waals surface area contributed by atoms with Crippen molar-refractivity contribution < 1.29 is 19.2 Å². The number of benzene rings is 1. The molecule has 0 atom stereocenters. The lowest BCUT2D eigenvalue weighted by Gasteiger charge is -2.06. The van der Waals surface area contributed by atoms with Crippen LogP contribution in [0.2, 0.25) is 0 Å². The Bertz CT molecular complexity index is 732. The summed E-state index contributed by atoms with van der Waals surface area (Å²) in [6.07, 6.45) is 1.96. The van der Waals surface area contributed by atoms with Crippen LogP contribution in [0.1, 0.15) is 70.3 Å². The van der Waals surface area contributed by atoms with Crippen LogP contribution in [-0.2, 0) is 6.54 Å².